The normalized spacial score (nSPS) is 11.4. The number of rotatable bonds is 3. The maximum absolute atomic E-state index is 10.9. The van der Waals surface area contributed by atoms with Crippen LogP contribution in [0.15, 0.2) is 48.5 Å². The fourth-order valence-electron chi connectivity index (χ4n) is 1.86. The van der Waals surface area contributed by atoms with Crippen molar-refractivity contribution in [3.8, 4) is 6.07 Å². The van der Waals surface area contributed by atoms with Gasteiger partial charge in [0.15, 0.2) is 0 Å². The van der Waals surface area contributed by atoms with E-state index in [0.717, 1.165) is 0 Å². The van der Waals surface area contributed by atoms with Gasteiger partial charge in [-0.25, -0.2) is 0 Å². The van der Waals surface area contributed by atoms with Crippen LogP contribution in [0.25, 0.3) is 11.3 Å². The Labute approximate surface area is 126 Å². The van der Waals surface area contributed by atoms with Crippen molar-refractivity contribution in [1.82, 2.24) is 0 Å². The quantitative estimate of drug-likeness (QED) is 0.405. The van der Waals surface area contributed by atoms with Crippen molar-refractivity contribution < 1.29 is 4.92 Å². The lowest BCUT2D eigenvalue weighted by molar-refractivity contribution is -0.384. The summed E-state index contributed by atoms with van der Waals surface area (Å²) in [4.78, 5) is 10.3. The Morgan fingerprint density at radius 2 is 1.86 bits per heavy atom. The minimum Gasteiger partial charge on any atom is -0.397 e. The Bertz CT molecular complexity index is 764. The number of benzene rings is 2. The number of nitrogens with two attached hydrogens (primary N) is 1. The number of nitriles is 1. The Hall–Kier alpha value is -2.84. The lowest BCUT2D eigenvalue weighted by Gasteiger charge is -2.07. The number of allylic oxidation sites excluding steroid dienone is 1. The molecule has 0 aliphatic heterocycles. The summed E-state index contributed by atoms with van der Waals surface area (Å²) in [5, 5.41) is 20.4. The van der Waals surface area contributed by atoms with Crippen LogP contribution in [-0.2, 0) is 0 Å². The molecule has 5 nitrogen and oxygen atoms in total. The number of hydrogen-bond donors (Lipinski definition) is 1. The molecule has 0 saturated heterocycles. The Kier molecular flexibility index (Phi) is 4.21. The maximum atomic E-state index is 10.9. The molecule has 0 unspecified atom stereocenters. The van der Waals surface area contributed by atoms with E-state index in [1.165, 1.54) is 18.2 Å². The molecule has 2 aromatic carbocycles. The van der Waals surface area contributed by atoms with Gasteiger partial charge in [-0.3, -0.25) is 10.1 Å². The first-order chi connectivity index (χ1) is 10.0. The fourth-order valence-corrected chi connectivity index (χ4v) is 2.09. The summed E-state index contributed by atoms with van der Waals surface area (Å²) in [5.41, 5.74) is 7.19. The third-order valence-corrected chi connectivity index (χ3v) is 3.07. The van der Waals surface area contributed by atoms with E-state index in [-0.39, 0.29) is 22.0 Å². The molecular formula is C15H10ClN3O2. The predicted octanol–water partition coefficient (Wildman–Crippen LogP) is 3.60. The first-order valence-corrected chi connectivity index (χ1v) is 6.31. The molecule has 0 spiro atoms. The third-order valence-electron chi connectivity index (χ3n) is 2.85. The molecular weight excluding hydrogens is 290 g/mol. The standard InChI is InChI=1S/C15H10ClN3O2/c16-12-6-11(7-13(8-12)19(20)21)15(18)14(9-17)10-4-2-1-3-5-10/h1-8H,18H2/b15-14-. The largest absolute Gasteiger partial charge is 0.397 e. The molecule has 0 aliphatic rings. The lowest BCUT2D eigenvalue weighted by Crippen LogP contribution is -2.02. The van der Waals surface area contributed by atoms with Crippen LogP contribution in [0.2, 0.25) is 5.02 Å². The molecule has 0 bridgehead atoms. The highest BCUT2D eigenvalue weighted by Gasteiger charge is 2.14. The van der Waals surface area contributed by atoms with Gasteiger partial charge in [-0.15, -0.1) is 0 Å². The fraction of sp³-hybridized carbons (Fsp3) is 0. The van der Waals surface area contributed by atoms with Crippen LogP contribution in [0, 0.1) is 21.4 Å². The van der Waals surface area contributed by atoms with Crippen molar-refractivity contribution in [2.75, 3.05) is 0 Å². The van der Waals surface area contributed by atoms with E-state index >= 15 is 0 Å². The van der Waals surface area contributed by atoms with Crippen molar-refractivity contribution in [3.05, 3.63) is 74.8 Å². The highest BCUT2D eigenvalue weighted by molar-refractivity contribution is 6.31. The first kappa shape index (κ1) is 14.6. The number of nitro benzene ring substituents is 1. The van der Waals surface area contributed by atoms with Gasteiger partial charge in [-0.2, -0.15) is 5.26 Å². The van der Waals surface area contributed by atoms with Crippen molar-refractivity contribution in [1.29, 1.82) is 5.26 Å². The Morgan fingerprint density at radius 1 is 1.19 bits per heavy atom. The summed E-state index contributed by atoms with van der Waals surface area (Å²) in [6.07, 6.45) is 0. The van der Waals surface area contributed by atoms with Gasteiger partial charge < -0.3 is 5.73 Å². The highest BCUT2D eigenvalue weighted by atomic mass is 35.5. The van der Waals surface area contributed by atoms with Crippen LogP contribution in [-0.4, -0.2) is 4.92 Å². The summed E-state index contributed by atoms with van der Waals surface area (Å²) in [7, 11) is 0. The van der Waals surface area contributed by atoms with Crippen LogP contribution in [0.3, 0.4) is 0 Å². The zero-order valence-corrected chi connectivity index (χ0v) is 11.5. The van der Waals surface area contributed by atoms with E-state index in [0.29, 0.717) is 11.1 Å². The molecule has 6 heteroatoms. The molecule has 0 saturated carbocycles. The van der Waals surface area contributed by atoms with Gasteiger partial charge in [-0.05, 0) is 11.6 Å². The SMILES string of the molecule is N#C/C(=C(/N)c1cc(Cl)cc([N+](=O)[O-])c1)c1ccccc1. The number of hydrogen-bond acceptors (Lipinski definition) is 4. The zero-order valence-electron chi connectivity index (χ0n) is 10.8. The molecule has 0 radical (unpaired) electrons. The van der Waals surface area contributed by atoms with Crippen molar-refractivity contribution in [3.63, 3.8) is 0 Å². The number of non-ortho nitro benzene ring substituents is 1. The van der Waals surface area contributed by atoms with Gasteiger partial charge in [0.1, 0.15) is 6.07 Å². The molecule has 0 atom stereocenters. The van der Waals surface area contributed by atoms with Gasteiger partial charge in [0.05, 0.1) is 16.2 Å². The van der Waals surface area contributed by atoms with Crippen molar-refractivity contribution in [2.24, 2.45) is 5.73 Å². The second-order valence-electron chi connectivity index (χ2n) is 4.22. The smallest absolute Gasteiger partial charge is 0.271 e. The van der Waals surface area contributed by atoms with Crippen molar-refractivity contribution in [2.45, 2.75) is 0 Å². The predicted molar refractivity (Wildman–Crippen MR) is 81.2 cm³/mol. The zero-order chi connectivity index (χ0) is 15.4. The van der Waals surface area contributed by atoms with Crippen molar-refractivity contribution >= 4 is 28.6 Å². The molecule has 0 fully saturated rings. The second kappa shape index (κ2) is 6.07. The van der Waals surface area contributed by atoms with Gasteiger partial charge in [0.25, 0.3) is 5.69 Å². The minimum absolute atomic E-state index is 0.147. The van der Waals surface area contributed by atoms with Gasteiger partial charge in [-0.1, -0.05) is 41.9 Å². The summed E-state index contributed by atoms with van der Waals surface area (Å²) in [5.74, 6) is 0. The van der Waals surface area contributed by atoms with Crippen LogP contribution in [0.5, 0.6) is 0 Å². The summed E-state index contributed by atoms with van der Waals surface area (Å²) in [6.45, 7) is 0. The molecule has 0 amide bonds. The van der Waals surface area contributed by atoms with Gasteiger partial charge >= 0.3 is 0 Å². The second-order valence-corrected chi connectivity index (χ2v) is 4.66. The topological polar surface area (TPSA) is 93.0 Å². The van der Waals surface area contributed by atoms with Crippen LogP contribution in [0.4, 0.5) is 5.69 Å². The summed E-state index contributed by atoms with van der Waals surface area (Å²) >= 11 is 5.87. The highest BCUT2D eigenvalue weighted by Crippen LogP contribution is 2.27. The molecule has 2 N–H and O–H groups in total. The maximum Gasteiger partial charge on any atom is 0.271 e. The van der Waals surface area contributed by atoms with Gasteiger partial charge in [0, 0.05) is 22.7 Å². The van der Waals surface area contributed by atoms with E-state index in [1.54, 1.807) is 24.3 Å². The molecule has 0 aromatic heterocycles. The van der Waals surface area contributed by atoms with E-state index in [4.69, 9.17) is 17.3 Å². The van der Waals surface area contributed by atoms with E-state index in [1.807, 2.05) is 12.1 Å². The molecule has 0 aliphatic carbocycles. The molecule has 2 rings (SSSR count). The van der Waals surface area contributed by atoms with Crippen LogP contribution >= 0.6 is 11.6 Å². The minimum atomic E-state index is -0.558. The Balaban J connectivity index is 2.61. The average molecular weight is 300 g/mol. The number of nitrogens with zero attached hydrogens (tertiary/aromatic N) is 2. The Morgan fingerprint density at radius 3 is 2.43 bits per heavy atom. The van der Waals surface area contributed by atoms with Gasteiger partial charge in [0.2, 0.25) is 0 Å². The van der Waals surface area contributed by atoms with Crippen LogP contribution < -0.4 is 5.73 Å². The summed E-state index contributed by atoms with van der Waals surface area (Å²) < 4.78 is 0. The third kappa shape index (κ3) is 3.19. The molecule has 104 valence electrons. The van der Waals surface area contributed by atoms with E-state index in [2.05, 4.69) is 0 Å². The molecule has 0 heterocycles. The average Bonchev–Trinajstić information content (AvgIpc) is 2.48. The number of nitro groups is 1. The van der Waals surface area contributed by atoms with E-state index < -0.39 is 4.92 Å². The summed E-state index contributed by atoms with van der Waals surface area (Å²) in [6, 6.07) is 14.9. The lowest BCUT2D eigenvalue weighted by atomic mass is 10.0. The molecule has 21 heavy (non-hydrogen) atoms. The first-order valence-electron chi connectivity index (χ1n) is 5.93. The van der Waals surface area contributed by atoms with E-state index in [9.17, 15) is 15.4 Å². The number of halogens is 1. The monoisotopic (exact) mass is 299 g/mol. The molecule has 2 aromatic rings. The van der Waals surface area contributed by atoms with Crippen LogP contribution in [0.1, 0.15) is 11.1 Å².